The summed E-state index contributed by atoms with van der Waals surface area (Å²) in [6, 6.07) is 0. The van der Waals surface area contributed by atoms with Crippen LogP contribution in [0.15, 0.2) is 0 Å². The van der Waals surface area contributed by atoms with Crippen molar-refractivity contribution >= 4 is 7.41 Å². The van der Waals surface area contributed by atoms with Crippen LogP contribution in [0.2, 0.25) is 5.82 Å². The largest absolute Gasteiger partial charge is 0.373 e. The molecule has 0 amide bonds. The maximum Gasteiger partial charge on any atom is 0.201 e. The summed E-state index contributed by atoms with van der Waals surface area (Å²) in [6.45, 7) is 4.52. The van der Waals surface area contributed by atoms with Gasteiger partial charge in [-0.15, -0.1) is 0 Å². The van der Waals surface area contributed by atoms with Gasteiger partial charge in [0.2, 0.25) is 7.41 Å². The molecule has 84 valence electrons. The van der Waals surface area contributed by atoms with Crippen LogP contribution in [0.1, 0.15) is 71.6 Å². The fourth-order valence-electron chi connectivity index (χ4n) is 1.88. The van der Waals surface area contributed by atoms with E-state index in [1.807, 2.05) is 0 Å². The lowest BCUT2D eigenvalue weighted by molar-refractivity contribution is 0.560. The van der Waals surface area contributed by atoms with E-state index in [4.69, 9.17) is 5.64 Å². The van der Waals surface area contributed by atoms with Gasteiger partial charge in [-0.3, -0.25) is 0 Å². The van der Waals surface area contributed by atoms with Crippen molar-refractivity contribution in [2.75, 3.05) is 0 Å². The molecule has 0 aliphatic heterocycles. The minimum absolute atomic E-state index is 0.783. The van der Waals surface area contributed by atoms with E-state index in [1.54, 1.807) is 0 Å². The van der Waals surface area contributed by atoms with Crippen LogP contribution in [0.3, 0.4) is 0 Å². The number of unbranched alkanes of at least 4 members (excludes halogenated alkanes) is 6. The minimum atomic E-state index is 0.783. The number of rotatable bonds is 10. The Morgan fingerprint density at radius 3 is 2.00 bits per heavy atom. The van der Waals surface area contributed by atoms with Crippen LogP contribution < -0.4 is 5.64 Å². The highest BCUT2D eigenvalue weighted by Gasteiger charge is 2.03. The molecule has 0 aliphatic carbocycles. The van der Waals surface area contributed by atoms with E-state index in [-0.39, 0.29) is 0 Å². The summed E-state index contributed by atoms with van der Waals surface area (Å²) in [5.41, 5.74) is 5.66. The zero-order valence-corrected chi connectivity index (χ0v) is 10.2. The third kappa shape index (κ3) is 8.62. The monoisotopic (exact) mass is 197 g/mol. The van der Waals surface area contributed by atoms with Gasteiger partial charge in [-0.05, 0) is 0 Å². The molecule has 0 rings (SSSR count). The summed E-state index contributed by atoms with van der Waals surface area (Å²) in [5, 5.41) is 0. The second-order valence-corrected chi connectivity index (χ2v) is 4.42. The molecule has 0 heterocycles. The van der Waals surface area contributed by atoms with E-state index in [2.05, 4.69) is 13.8 Å². The molecule has 0 saturated heterocycles. The highest BCUT2D eigenvalue weighted by atomic mass is 14.4. The van der Waals surface area contributed by atoms with Crippen LogP contribution in [0, 0.1) is 0 Å². The lowest BCUT2D eigenvalue weighted by Crippen LogP contribution is -2.12. The van der Waals surface area contributed by atoms with E-state index in [9.17, 15) is 0 Å². The van der Waals surface area contributed by atoms with Crippen LogP contribution in [-0.2, 0) is 0 Å². The van der Waals surface area contributed by atoms with E-state index < -0.39 is 0 Å². The van der Waals surface area contributed by atoms with Gasteiger partial charge in [0.15, 0.2) is 0 Å². The summed E-state index contributed by atoms with van der Waals surface area (Å²) in [4.78, 5) is 0. The molecule has 0 aromatic carbocycles. The average molecular weight is 197 g/mol. The van der Waals surface area contributed by atoms with Gasteiger partial charge in [0.1, 0.15) is 0 Å². The summed E-state index contributed by atoms with van der Waals surface area (Å²) in [7, 11) is 0.881. The van der Waals surface area contributed by atoms with Gasteiger partial charge in [-0.25, -0.2) is 0 Å². The first-order valence-electron chi connectivity index (χ1n) is 6.55. The number of nitrogens with two attached hydrogens (primary N) is 1. The third-order valence-corrected chi connectivity index (χ3v) is 3.13. The van der Waals surface area contributed by atoms with Gasteiger partial charge in [-0.1, -0.05) is 77.5 Å². The fraction of sp³-hybridized carbons (Fsp3) is 1.00. The molecule has 0 aromatic heterocycles. The Morgan fingerprint density at radius 2 is 1.50 bits per heavy atom. The van der Waals surface area contributed by atoms with Crippen LogP contribution in [0.4, 0.5) is 0 Å². The van der Waals surface area contributed by atoms with E-state index in [1.165, 1.54) is 57.8 Å². The maximum atomic E-state index is 5.66. The smallest absolute Gasteiger partial charge is 0.201 e. The summed E-state index contributed by atoms with van der Waals surface area (Å²) in [5.74, 6) is 0.783. The molecule has 0 aromatic rings. The first-order chi connectivity index (χ1) is 6.85. The summed E-state index contributed by atoms with van der Waals surface area (Å²) < 4.78 is 0. The van der Waals surface area contributed by atoms with Crippen molar-refractivity contribution in [3.05, 3.63) is 0 Å². The van der Waals surface area contributed by atoms with E-state index >= 15 is 0 Å². The lowest BCUT2D eigenvalue weighted by atomic mass is 9.72. The lowest BCUT2D eigenvalue weighted by Gasteiger charge is -2.09. The average Bonchev–Trinajstić information content (AvgIpc) is 2.22. The fourth-order valence-corrected chi connectivity index (χ4v) is 1.88. The topological polar surface area (TPSA) is 26.0 Å². The normalized spacial score (nSPS) is 12.8. The second kappa shape index (κ2) is 11.1. The molecular weight excluding hydrogens is 169 g/mol. The quantitative estimate of drug-likeness (QED) is 0.420. The van der Waals surface area contributed by atoms with Gasteiger partial charge in [0.05, 0.1) is 0 Å². The Kier molecular flexibility index (Phi) is 11.1. The predicted molar refractivity (Wildman–Crippen MR) is 68.0 cm³/mol. The van der Waals surface area contributed by atoms with Crippen LogP contribution in [0.25, 0.3) is 0 Å². The van der Waals surface area contributed by atoms with Gasteiger partial charge < -0.3 is 5.64 Å². The Balaban J connectivity index is 3.04. The van der Waals surface area contributed by atoms with Crippen LogP contribution >= 0.6 is 0 Å². The van der Waals surface area contributed by atoms with Crippen molar-refractivity contribution in [1.82, 2.24) is 0 Å². The summed E-state index contributed by atoms with van der Waals surface area (Å²) >= 11 is 0. The second-order valence-electron chi connectivity index (χ2n) is 4.42. The summed E-state index contributed by atoms with van der Waals surface area (Å²) in [6.07, 6.45) is 12.5. The Morgan fingerprint density at radius 1 is 0.929 bits per heavy atom. The first kappa shape index (κ1) is 14.0. The van der Waals surface area contributed by atoms with Crippen molar-refractivity contribution in [3.8, 4) is 0 Å². The highest BCUT2D eigenvalue weighted by Crippen LogP contribution is 2.17. The molecule has 14 heavy (non-hydrogen) atoms. The molecule has 2 heteroatoms. The Bertz CT molecular complexity index is 102. The van der Waals surface area contributed by atoms with Crippen molar-refractivity contribution in [1.29, 1.82) is 0 Å². The van der Waals surface area contributed by atoms with Gasteiger partial charge in [0, 0.05) is 0 Å². The SMILES string of the molecule is CCCCCCCCCC(BN)CC. The molecule has 0 saturated carbocycles. The van der Waals surface area contributed by atoms with Gasteiger partial charge in [-0.2, -0.15) is 0 Å². The first-order valence-corrected chi connectivity index (χ1v) is 6.55. The molecule has 2 N–H and O–H groups in total. The number of hydrogen-bond acceptors (Lipinski definition) is 1. The van der Waals surface area contributed by atoms with Crippen molar-refractivity contribution in [2.24, 2.45) is 5.64 Å². The van der Waals surface area contributed by atoms with Crippen LogP contribution in [0.5, 0.6) is 0 Å². The molecule has 1 nitrogen and oxygen atoms in total. The van der Waals surface area contributed by atoms with Crippen molar-refractivity contribution in [2.45, 2.75) is 77.5 Å². The Hall–Kier alpha value is 0.0249. The van der Waals surface area contributed by atoms with Crippen molar-refractivity contribution in [3.63, 3.8) is 0 Å². The van der Waals surface area contributed by atoms with Crippen LogP contribution in [-0.4, -0.2) is 7.41 Å². The third-order valence-electron chi connectivity index (χ3n) is 3.13. The molecule has 1 atom stereocenters. The molecule has 1 unspecified atom stereocenters. The standard InChI is InChI=1S/C12H28BN/c1-3-5-6-7-8-9-10-11-12(4-2)13-14/h12-13H,3-11,14H2,1-2H3. The van der Waals surface area contributed by atoms with Gasteiger partial charge in [0.25, 0.3) is 0 Å². The van der Waals surface area contributed by atoms with E-state index in [0.29, 0.717) is 0 Å². The maximum absolute atomic E-state index is 5.66. The van der Waals surface area contributed by atoms with E-state index in [0.717, 1.165) is 13.2 Å². The zero-order valence-electron chi connectivity index (χ0n) is 10.2. The molecule has 0 fully saturated rings. The number of hydrogen-bond donors (Lipinski definition) is 1. The van der Waals surface area contributed by atoms with Gasteiger partial charge >= 0.3 is 0 Å². The predicted octanol–water partition coefficient (Wildman–Crippen LogP) is 3.64. The molecule has 0 bridgehead atoms. The molecular formula is C12H28BN. The minimum Gasteiger partial charge on any atom is -0.373 e. The molecule has 0 aliphatic rings. The Labute approximate surface area is 91.1 Å². The highest BCUT2D eigenvalue weighted by molar-refractivity contribution is 6.33. The molecule has 0 spiro atoms. The molecule has 0 radical (unpaired) electrons. The zero-order chi connectivity index (χ0) is 10.6. The van der Waals surface area contributed by atoms with Crippen molar-refractivity contribution < 1.29 is 0 Å².